The lowest BCUT2D eigenvalue weighted by molar-refractivity contribution is 0.485. The number of rotatable bonds is 3. The van der Waals surface area contributed by atoms with Gasteiger partial charge in [-0.2, -0.15) is 5.26 Å². The van der Waals surface area contributed by atoms with Crippen LogP contribution in [0, 0.1) is 11.3 Å². The van der Waals surface area contributed by atoms with Gasteiger partial charge >= 0.3 is 0 Å². The summed E-state index contributed by atoms with van der Waals surface area (Å²) >= 11 is 0. The molecule has 22 heavy (non-hydrogen) atoms. The quantitative estimate of drug-likeness (QED) is 0.716. The predicted octanol–water partition coefficient (Wildman–Crippen LogP) is 4.60. The molecule has 2 N–H and O–H groups in total. The van der Waals surface area contributed by atoms with Gasteiger partial charge in [0.2, 0.25) is 0 Å². The molecule has 0 heterocycles. The van der Waals surface area contributed by atoms with E-state index >= 15 is 0 Å². The molecule has 3 nitrogen and oxygen atoms in total. The highest BCUT2D eigenvalue weighted by molar-refractivity contribution is 5.70. The van der Waals surface area contributed by atoms with Crippen molar-refractivity contribution in [3.63, 3.8) is 0 Å². The number of hydrogen-bond acceptors (Lipinski definition) is 3. The fourth-order valence-electron chi connectivity index (χ4n) is 2.16. The van der Waals surface area contributed by atoms with Gasteiger partial charge in [0.1, 0.15) is 5.75 Å². The van der Waals surface area contributed by atoms with E-state index in [1.807, 2.05) is 48.5 Å². The van der Waals surface area contributed by atoms with Crippen LogP contribution >= 0.6 is 0 Å². The normalized spacial score (nSPS) is 9.95. The lowest BCUT2D eigenvalue weighted by Gasteiger charge is -2.11. The molecule has 3 heteroatoms. The Morgan fingerprint density at radius 1 is 0.818 bits per heavy atom. The Bertz CT molecular complexity index is 818. The number of nitrogens with zero attached hydrogens (tertiary/aromatic N) is 1. The molecule has 3 aromatic carbocycles. The highest BCUT2D eigenvalue weighted by atomic mass is 16.5. The largest absolute Gasteiger partial charge is 0.455 e. The molecule has 3 aromatic rings. The van der Waals surface area contributed by atoms with Crippen molar-refractivity contribution in [3.05, 3.63) is 78.4 Å². The third-order valence-corrected chi connectivity index (χ3v) is 3.33. The molecular formula is C19H14N2O. The summed E-state index contributed by atoms with van der Waals surface area (Å²) in [5.41, 5.74) is 9.31. The fourth-order valence-corrected chi connectivity index (χ4v) is 2.16. The van der Waals surface area contributed by atoms with Gasteiger partial charge in [-0.3, -0.25) is 0 Å². The summed E-state index contributed by atoms with van der Waals surface area (Å²) in [5, 5.41) is 8.81. The van der Waals surface area contributed by atoms with Crippen LogP contribution in [0.4, 0.5) is 5.69 Å². The van der Waals surface area contributed by atoms with Crippen molar-refractivity contribution in [2.45, 2.75) is 0 Å². The molecular weight excluding hydrogens is 272 g/mol. The van der Waals surface area contributed by atoms with Crippen molar-refractivity contribution in [1.29, 1.82) is 5.26 Å². The van der Waals surface area contributed by atoms with Gasteiger partial charge in [0.25, 0.3) is 0 Å². The maximum atomic E-state index is 8.81. The van der Waals surface area contributed by atoms with Crippen molar-refractivity contribution < 1.29 is 4.74 Å². The van der Waals surface area contributed by atoms with Gasteiger partial charge in [0, 0.05) is 0 Å². The highest BCUT2D eigenvalue weighted by Gasteiger charge is 2.06. The van der Waals surface area contributed by atoms with Gasteiger partial charge in [-0.1, -0.05) is 36.4 Å². The van der Waals surface area contributed by atoms with Crippen molar-refractivity contribution >= 4 is 5.69 Å². The summed E-state index contributed by atoms with van der Waals surface area (Å²) in [4.78, 5) is 0. The number of nitrogens with two attached hydrogens (primary N) is 1. The first-order valence-electron chi connectivity index (χ1n) is 6.89. The monoisotopic (exact) mass is 286 g/mol. The first kappa shape index (κ1) is 13.7. The van der Waals surface area contributed by atoms with Crippen LogP contribution in [-0.2, 0) is 0 Å². The average Bonchev–Trinajstić information content (AvgIpc) is 2.58. The van der Waals surface area contributed by atoms with Gasteiger partial charge in [-0.05, 0) is 47.5 Å². The minimum absolute atomic E-state index is 0.573. The molecule has 0 fully saturated rings. The number of hydrogen-bond donors (Lipinski definition) is 1. The Labute approximate surface area is 129 Å². The molecule has 0 aliphatic carbocycles. The minimum atomic E-state index is 0.573. The summed E-state index contributed by atoms with van der Waals surface area (Å²) in [5.74, 6) is 1.25. The van der Waals surface area contributed by atoms with E-state index in [0.29, 0.717) is 22.7 Å². The highest BCUT2D eigenvalue weighted by Crippen LogP contribution is 2.32. The van der Waals surface area contributed by atoms with Crippen molar-refractivity contribution in [2.24, 2.45) is 0 Å². The molecule has 0 saturated carbocycles. The zero-order chi connectivity index (χ0) is 15.4. The Hall–Kier alpha value is -3.25. The summed E-state index contributed by atoms with van der Waals surface area (Å²) in [6.07, 6.45) is 0. The molecule has 0 aliphatic rings. The van der Waals surface area contributed by atoms with E-state index in [1.54, 1.807) is 24.3 Å². The molecule has 0 atom stereocenters. The molecule has 0 radical (unpaired) electrons. The number of nitriles is 1. The zero-order valence-corrected chi connectivity index (χ0v) is 11.9. The zero-order valence-electron chi connectivity index (χ0n) is 11.9. The first-order valence-corrected chi connectivity index (χ1v) is 6.89. The molecule has 3 rings (SSSR count). The Morgan fingerprint density at radius 2 is 1.55 bits per heavy atom. The molecule has 0 amide bonds. The molecule has 0 aliphatic heterocycles. The number of benzene rings is 3. The van der Waals surface area contributed by atoms with Crippen LogP contribution in [0.15, 0.2) is 72.8 Å². The topological polar surface area (TPSA) is 59.0 Å². The second-order valence-electron chi connectivity index (χ2n) is 4.86. The SMILES string of the molecule is N#Cc1ccc(Oc2cc(-c3ccccc3)ccc2N)cc1. The van der Waals surface area contributed by atoms with Crippen molar-refractivity contribution in [1.82, 2.24) is 0 Å². The average molecular weight is 286 g/mol. The molecule has 0 saturated heterocycles. The smallest absolute Gasteiger partial charge is 0.150 e. The molecule has 0 spiro atoms. The van der Waals surface area contributed by atoms with Crippen LogP contribution in [0.3, 0.4) is 0 Å². The number of anilines is 1. The van der Waals surface area contributed by atoms with Crippen molar-refractivity contribution in [2.75, 3.05) is 5.73 Å². The van der Waals surface area contributed by atoms with E-state index in [0.717, 1.165) is 11.1 Å². The number of ether oxygens (including phenoxy) is 1. The molecule has 0 aromatic heterocycles. The maximum absolute atomic E-state index is 8.81. The lowest BCUT2D eigenvalue weighted by atomic mass is 10.1. The van der Waals surface area contributed by atoms with Crippen LogP contribution in [-0.4, -0.2) is 0 Å². The van der Waals surface area contributed by atoms with Gasteiger partial charge in [0.15, 0.2) is 5.75 Å². The van der Waals surface area contributed by atoms with Crippen LogP contribution in [0.5, 0.6) is 11.5 Å². The maximum Gasteiger partial charge on any atom is 0.150 e. The summed E-state index contributed by atoms with van der Waals surface area (Å²) in [6.45, 7) is 0. The summed E-state index contributed by atoms with van der Waals surface area (Å²) in [6, 6.07) is 24.8. The van der Waals surface area contributed by atoms with E-state index in [1.165, 1.54) is 0 Å². The van der Waals surface area contributed by atoms with Gasteiger partial charge in [-0.15, -0.1) is 0 Å². The van der Waals surface area contributed by atoms with E-state index < -0.39 is 0 Å². The number of nitrogen functional groups attached to an aromatic ring is 1. The van der Waals surface area contributed by atoms with Gasteiger partial charge in [0.05, 0.1) is 17.3 Å². The first-order chi connectivity index (χ1) is 10.8. The van der Waals surface area contributed by atoms with Gasteiger partial charge < -0.3 is 10.5 Å². The summed E-state index contributed by atoms with van der Waals surface area (Å²) in [7, 11) is 0. The molecule has 0 bridgehead atoms. The van der Waals surface area contributed by atoms with E-state index in [2.05, 4.69) is 6.07 Å². The van der Waals surface area contributed by atoms with Crippen molar-refractivity contribution in [3.8, 4) is 28.7 Å². The van der Waals surface area contributed by atoms with Gasteiger partial charge in [-0.25, -0.2) is 0 Å². The Kier molecular flexibility index (Phi) is 3.76. The lowest BCUT2D eigenvalue weighted by Crippen LogP contribution is -1.93. The standard InChI is InChI=1S/C19H14N2O/c20-13-14-6-9-17(10-7-14)22-19-12-16(8-11-18(19)21)15-4-2-1-3-5-15/h1-12H,21H2. The van der Waals surface area contributed by atoms with E-state index in [-0.39, 0.29) is 0 Å². The second kappa shape index (κ2) is 6.02. The Morgan fingerprint density at radius 3 is 2.23 bits per heavy atom. The molecule has 106 valence electrons. The van der Waals surface area contributed by atoms with E-state index in [4.69, 9.17) is 15.7 Å². The minimum Gasteiger partial charge on any atom is -0.455 e. The van der Waals surface area contributed by atoms with Crippen LogP contribution in [0.1, 0.15) is 5.56 Å². The van der Waals surface area contributed by atoms with Crippen LogP contribution in [0.2, 0.25) is 0 Å². The third-order valence-electron chi connectivity index (χ3n) is 3.33. The Balaban J connectivity index is 1.91. The van der Waals surface area contributed by atoms with Crippen LogP contribution < -0.4 is 10.5 Å². The fraction of sp³-hybridized carbons (Fsp3) is 0. The van der Waals surface area contributed by atoms with Crippen LogP contribution in [0.25, 0.3) is 11.1 Å². The predicted molar refractivity (Wildman–Crippen MR) is 87.5 cm³/mol. The third kappa shape index (κ3) is 2.92. The molecule has 0 unspecified atom stereocenters. The summed E-state index contributed by atoms with van der Waals surface area (Å²) < 4.78 is 5.84. The second-order valence-corrected chi connectivity index (χ2v) is 4.86. The van der Waals surface area contributed by atoms with E-state index in [9.17, 15) is 0 Å².